The Bertz CT molecular complexity index is 317. The second kappa shape index (κ2) is 6.12. The fourth-order valence-corrected chi connectivity index (χ4v) is 2.49. The molecule has 1 aliphatic heterocycles. The number of likely N-dealkylation sites (tertiary alicyclic amines) is 1. The van der Waals surface area contributed by atoms with Crippen molar-refractivity contribution in [2.24, 2.45) is 0 Å². The molecule has 1 N–H and O–H groups in total. The van der Waals surface area contributed by atoms with E-state index < -0.39 is 0 Å². The van der Waals surface area contributed by atoms with E-state index >= 15 is 0 Å². The van der Waals surface area contributed by atoms with E-state index in [2.05, 4.69) is 41.2 Å². The summed E-state index contributed by atoms with van der Waals surface area (Å²) in [5.74, 6) is 0. The van der Waals surface area contributed by atoms with Crippen LogP contribution in [0.4, 0.5) is 0 Å². The van der Waals surface area contributed by atoms with Crippen LogP contribution in [0.1, 0.15) is 38.4 Å². The Labute approximate surface area is 104 Å². The van der Waals surface area contributed by atoms with E-state index in [1.807, 2.05) is 12.3 Å². The molecule has 0 bridgehead atoms. The molecular weight excluding hydrogens is 210 g/mol. The van der Waals surface area contributed by atoms with Gasteiger partial charge in [-0.15, -0.1) is 0 Å². The van der Waals surface area contributed by atoms with Crippen molar-refractivity contribution in [3.8, 4) is 0 Å². The summed E-state index contributed by atoms with van der Waals surface area (Å²) < 4.78 is 0. The van der Waals surface area contributed by atoms with Crippen molar-refractivity contribution in [3.63, 3.8) is 0 Å². The average molecular weight is 233 g/mol. The second-order valence-corrected chi connectivity index (χ2v) is 4.85. The Kier molecular flexibility index (Phi) is 4.51. The highest BCUT2D eigenvalue weighted by atomic mass is 15.1. The van der Waals surface area contributed by atoms with E-state index in [1.54, 1.807) is 0 Å². The average Bonchev–Trinajstić information content (AvgIpc) is 2.40. The molecular formula is C14H23N3. The maximum absolute atomic E-state index is 4.40. The van der Waals surface area contributed by atoms with Crippen molar-refractivity contribution in [1.82, 2.24) is 15.2 Å². The summed E-state index contributed by atoms with van der Waals surface area (Å²) in [6, 6.07) is 7.12. The van der Waals surface area contributed by atoms with Gasteiger partial charge >= 0.3 is 0 Å². The van der Waals surface area contributed by atoms with Crippen LogP contribution in [-0.4, -0.2) is 35.6 Å². The van der Waals surface area contributed by atoms with Gasteiger partial charge in [0.25, 0.3) is 0 Å². The molecule has 1 aromatic heterocycles. The summed E-state index contributed by atoms with van der Waals surface area (Å²) in [6.45, 7) is 8.08. The van der Waals surface area contributed by atoms with Gasteiger partial charge in [0.1, 0.15) is 0 Å². The Morgan fingerprint density at radius 1 is 1.41 bits per heavy atom. The molecule has 0 unspecified atom stereocenters. The minimum Gasteiger partial charge on any atom is -0.306 e. The summed E-state index contributed by atoms with van der Waals surface area (Å²) in [7, 11) is 0. The molecule has 3 nitrogen and oxygen atoms in total. The normalized spacial score (nSPS) is 20.4. The van der Waals surface area contributed by atoms with Crippen LogP contribution < -0.4 is 5.32 Å². The van der Waals surface area contributed by atoms with Crippen molar-refractivity contribution in [2.45, 2.75) is 38.8 Å². The Hall–Kier alpha value is -0.930. The quantitative estimate of drug-likeness (QED) is 0.864. The zero-order valence-corrected chi connectivity index (χ0v) is 10.9. The summed E-state index contributed by atoms with van der Waals surface area (Å²) in [5, 5.41) is 3.69. The highest BCUT2D eigenvalue weighted by Crippen LogP contribution is 2.15. The lowest BCUT2D eigenvalue weighted by Gasteiger charge is -2.33. The molecule has 1 atom stereocenters. The molecule has 1 aliphatic rings. The minimum atomic E-state index is 0.356. The van der Waals surface area contributed by atoms with E-state index in [1.165, 1.54) is 32.5 Å². The van der Waals surface area contributed by atoms with Gasteiger partial charge in [0.2, 0.25) is 0 Å². The first-order valence-corrected chi connectivity index (χ1v) is 6.69. The van der Waals surface area contributed by atoms with E-state index in [9.17, 15) is 0 Å². The fraction of sp³-hybridized carbons (Fsp3) is 0.643. The lowest BCUT2D eigenvalue weighted by atomic mass is 10.0. The van der Waals surface area contributed by atoms with Crippen LogP contribution >= 0.6 is 0 Å². The molecule has 2 rings (SSSR count). The molecule has 17 heavy (non-hydrogen) atoms. The molecule has 2 heterocycles. The smallest absolute Gasteiger partial charge is 0.0570 e. The Balaban J connectivity index is 1.82. The molecule has 0 aliphatic carbocycles. The lowest BCUT2D eigenvalue weighted by molar-refractivity contribution is 0.200. The van der Waals surface area contributed by atoms with Crippen molar-refractivity contribution < 1.29 is 0 Å². The third kappa shape index (κ3) is 3.51. The molecule has 0 spiro atoms. The molecule has 0 radical (unpaired) electrons. The van der Waals surface area contributed by atoms with Crippen molar-refractivity contribution in [3.05, 3.63) is 30.1 Å². The number of hydrogen-bond acceptors (Lipinski definition) is 3. The highest BCUT2D eigenvalue weighted by Gasteiger charge is 2.19. The first-order chi connectivity index (χ1) is 8.29. The number of nitrogens with zero attached hydrogens (tertiary/aromatic N) is 2. The van der Waals surface area contributed by atoms with E-state index in [-0.39, 0.29) is 0 Å². The van der Waals surface area contributed by atoms with Crippen LogP contribution in [0.15, 0.2) is 24.4 Å². The molecule has 0 saturated carbocycles. The third-order valence-corrected chi connectivity index (χ3v) is 3.65. The number of pyridine rings is 1. The third-order valence-electron chi connectivity index (χ3n) is 3.65. The summed E-state index contributed by atoms with van der Waals surface area (Å²) in [4.78, 5) is 6.92. The van der Waals surface area contributed by atoms with E-state index in [0.29, 0.717) is 12.1 Å². The molecule has 1 fully saturated rings. The first-order valence-electron chi connectivity index (χ1n) is 6.69. The maximum atomic E-state index is 4.40. The number of aromatic nitrogens is 1. The van der Waals surface area contributed by atoms with Gasteiger partial charge in [-0.25, -0.2) is 0 Å². The molecule has 94 valence electrons. The molecule has 0 amide bonds. The predicted molar refractivity (Wildman–Crippen MR) is 70.9 cm³/mol. The van der Waals surface area contributed by atoms with Gasteiger partial charge < -0.3 is 10.2 Å². The van der Waals surface area contributed by atoms with Gasteiger partial charge in [-0.1, -0.05) is 13.0 Å². The van der Waals surface area contributed by atoms with Crippen molar-refractivity contribution in [2.75, 3.05) is 19.6 Å². The van der Waals surface area contributed by atoms with Gasteiger partial charge in [-0.05, 0) is 51.5 Å². The van der Waals surface area contributed by atoms with Crippen LogP contribution in [0.2, 0.25) is 0 Å². The monoisotopic (exact) mass is 233 g/mol. The Morgan fingerprint density at radius 2 is 2.18 bits per heavy atom. The highest BCUT2D eigenvalue weighted by molar-refractivity contribution is 5.07. The van der Waals surface area contributed by atoms with E-state index in [0.717, 1.165) is 5.69 Å². The van der Waals surface area contributed by atoms with Gasteiger partial charge in [0, 0.05) is 18.3 Å². The number of hydrogen-bond donors (Lipinski definition) is 1. The van der Waals surface area contributed by atoms with Crippen LogP contribution in [0.3, 0.4) is 0 Å². The Morgan fingerprint density at radius 3 is 2.76 bits per heavy atom. The topological polar surface area (TPSA) is 28.2 Å². The van der Waals surface area contributed by atoms with E-state index in [4.69, 9.17) is 0 Å². The van der Waals surface area contributed by atoms with Crippen LogP contribution in [0, 0.1) is 0 Å². The van der Waals surface area contributed by atoms with Gasteiger partial charge in [-0.2, -0.15) is 0 Å². The number of piperidine rings is 1. The van der Waals surface area contributed by atoms with Gasteiger partial charge in [0.05, 0.1) is 5.69 Å². The van der Waals surface area contributed by atoms with Gasteiger partial charge in [-0.3, -0.25) is 4.98 Å². The van der Waals surface area contributed by atoms with Crippen molar-refractivity contribution >= 4 is 0 Å². The van der Waals surface area contributed by atoms with Crippen LogP contribution in [0.5, 0.6) is 0 Å². The van der Waals surface area contributed by atoms with Crippen molar-refractivity contribution in [1.29, 1.82) is 0 Å². The second-order valence-electron chi connectivity index (χ2n) is 4.85. The predicted octanol–water partition coefficient (Wildman–Crippen LogP) is 2.22. The summed E-state index contributed by atoms with van der Waals surface area (Å²) in [5.41, 5.74) is 1.14. The zero-order chi connectivity index (χ0) is 12.1. The maximum Gasteiger partial charge on any atom is 0.0570 e. The molecule has 1 saturated heterocycles. The summed E-state index contributed by atoms with van der Waals surface area (Å²) in [6.07, 6.45) is 4.38. The van der Waals surface area contributed by atoms with Crippen LogP contribution in [0.25, 0.3) is 0 Å². The lowest BCUT2D eigenvalue weighted by Crippen LogP contribution is -2.43. The fourth-order valence-electron chi connectivity index (χ4n) is 2.49. The number of nitrogens with one attached hydrogen (secondary N) is 1. The summed E-state index contributed by atoms with van der Waals surface area (Å²) >= 11 is 0. The standard InChI is InChI=1S/C14H23N3/c1-3-17-10-7-13(8-11-17)16-12(2)14-6-4-5-9-15-14/h4-6,9,12-13,16H,3,7-8,10-11H2,1-2H3/t12-/m0/s1. The largest absolute Gasteiger partial charge is 0.306 e. The molecule has 1 aromatic rings. The minimum absolute atomic E-state index is 0.356. The zero-order valence-electron chi connectivity index (χ0n) is 10.9. The number of rotatable bonds is 4. The SMILES string of the molecule is CCN1CCC(N[C@@H](C)c2ccccn2)CC1. The van der Waals surface area contributed by atoms with Crippen LogP contribution in [-0.2, 0) is 0 Å². The van der Waals surface area contributed by atoms with Gasteiger partial charge in [0.15, 0.2) is 0 Å². The first kappa shape index (κ1) is 12.5. The molecule has 3 heteroatoms. The molecule has 0 aromatic carbocycles.